The van der Waals surface area contributed by atoms with Crippen LogP contribution >= 0.6 is 0 Å². The number of nitrogens with zero attached hydrogens (tertiary/aromatic N) is 2. The van der Waals surface area contributed by atoms with Crippen LogP contribution in [-0.2, 0) is 4.74 Å². The molecule has 0 aliphatic heterocycles. The number of aromatic nitrogens is 2. The Morgan fingerprint density at radius 1 is 1.21 bits per heavy atom. The number of hydrogen-bond acceptors (Lipinski definition) is 6. The van der Waals surface area contributed by atoms with E-state index in [4.69, 9.17) is 4.74 Å². The summed E-state index contributed by atoms with van der Waals surface area (Å²) in [5.41, 5.74) is 0.0248. The van der Waals surface area contributed by atoms with Crippen molar-refractivity contribution >= 4 is 11.6 Å². The Hall–Kier alpha value is -1.40. The lowest BCUT2D eigenvalue weighted by atomic mass is 10.1. The highest BCUT2D eigenvalue weighted by atomic mass is 16.5. The van der Waals surface area contributed by atoms with E-state index in [9.17, 15) is 0 Å². The van der Waals surface area contributed by atoms with E-state index in [1.165, 1.54) is 0 Å². The SMILES string of the molecule is CNC(C)(C)CNc1cc(NCCCOC)ncn1. The van der Waals surface area contributed by atoms with E-state index in [0.717, 1.165) is 37.8 Å². The predicted octanol–water partition coefficient (Wildman–Crippen LogP) is 1.33. The first kappa shape index (κ1) is 15.7. The molecular weight excluding hydrogens is 242 g/mol. The van der Waals surface area contributed by atoms with Crippen LogP contribution < -0.4 is 16.0 Å². The molecular formula is C13H25N5O. The molecule has 0 saturated heterocycles. The Labute approximate surface area is 115 Å². The molecule has 6 heteroatoms. The molecule has 0 aliphatic rings. The zero-order valence-electron chi connectivity index (χ0n) is 12.3. The smallest absolute Gasteiger partial charge is 0.131 e. The van der Waals surface area contributed by atoms with Gasteiger partial charge >= 0.3 is 0 Å². The Kier molecular flexibility index (Phi) is 6.52. The van der Waals surface area contributed by atoms with Crippen LogP contribution in [0.2, 0.25) is 0 Å². The molecule has 1 heterocycles. The first-order valence-electron chi connectivity index (χ1n) is 6.55. The molecule has 0 atom stereocenters. The molecule has 1 aromatic heterocycles. The van der Waals surface area contributed by atoms with Crippen molar-refractivity contribution in [3.8, 4) is 0 Å². The number of rotatable bonds is 9. The summed E-state index contributed by atoms with van der Waals surface area (Å²) in [6.45, 7) is 6.64. The second kappa shape index (κ2) is 7.91. The summed E-state index contributed by atoms with van der Waals surface area (Å²) in [6, 6.07) is 1.92. The second-order valence-corrected chi connectivity index (χ2v) is 5.05. The largest absolute Gasteiger partial charge is 0.385 e. The van der Waals surface area contributed by atoms with Crippen LogP contribution in [0.3, 0.4) is 0 Å². The predicted molar refractivity (Wildman–Crippen MR) is 78.6 cm³/mol. The fourth-order valence-electron chi connectivity index (χ4n) is 1.38. The molecule has 0 amide bonds. The Morgan fingerprint density at radius 2 is 1.89 bits per heavy atom. The minimum atomic E-state index is 0.0248. The lowest BCUT2D eigenvalue weighted by Crippen LogP contribution is -2.42. The van der Waals surface area contributed by atoms with Gasteiger partial charge in [-0.3, -0.25) is 0 Å². The Bertz CT molecular complexity index is 370. The molecule has 0 unspecified atom stereocenters. The van der Waals surface area contributed by atoms with Gasteiger partial charge in [0.05, 0.1) is 0 Å². The highest BCUT2D eigenvalue weighted by molar-refractivity contribution is 5.46. The topological polar surface area (TPSA) is 71.1 Å². The molecule has 0 radical (unpaired) electrons. The van der Waals surface area contributed by atoms with E-state index in [1.54, 1.807) is 13.4 Å². The van der Waals surface area contributed by atoms with Gasteiger partial charge in [0.1, 0.15) is 18.0 Å². The van der Waals surface area contributed by atoms with Gasteiger partial charge in [0, 0.05) is 38.4 Å². The quantitative estimate of drug-likeness (QED) is 0.586. The van der Waals surface area contributed by atoms with E-state index >= 15 is 0 Å². The van der Waals surface area contributed by atoms with Crippen LogP contribution in [0.5, 0.6) is 0 Å². The van der Waals surface area contributed by atoms with Gasteiger partial charge in [-0.25, -0.2) is 9.97 Å². The van der Waals surface area contributed by atoms with Crippen LogP contribution in [0.25, 0.3) is 0 Å². The van der Waals surface area contributed by atoms with Crippen molar-refractivity contribution in [1.82, 2.24) is 15.3 Å². The molecule has 108 valence electrons. The minimum Gasteiger partial charge on any atom is -0.385 e. The molecule has 6 nitrogen and oxygen atoms in total. The number of anilines is 2. The van der Waals surface area contributed by atoms with Gasteiger partial charge < -0.3 is 20.7 Å². The molecule has 0 aliphatic carbocycles. The number of nitrogens with one attached hydrogen (secondary N) is 3. The van der Waals surface area contributed by atoms with Crippen LogP contribution in [-0.4, -0.2) is 49.4 Å². The normalized spacial score (nSPS) is 11.4. The van der Waals surface area contributed by atoms with Gasteiger partial charge in [-0.2, -0.15) is 0 Å². The Morgan fingerprint density at radius 3 is 2.53 bits per heavy atom. The highest BCUT2D eigenvalue weighted by Gasteiger charge is 2.14. The van der Waals surface area contributed by atoms with Crippen molar-refractivity contribution < 1.29 is 4.74 Å². The Balaban J connectivity index is 2.43. The number of methoxy groups -OCH3 is 1. The van der Waals surface area contributed by atoms with Gasteiger partial charge in [0.2, 0.25) is 0 Å². The number of ether oxygens (including phenoxy) is 1. The van der Waals surface area contributed by atoms with Crippen molar-refractivity contribution in [2.24, 2.45) is 0 Å². The molecule has 3 N–H and O–H groups in total. The van der Waals surface area contributed by atoms with E-state index in [-0.39, 0.29) is 5.54 Å². The fraction of sp³-hybridized carbons (Fsp3) is 0.692. The van der Waals surface area contributed by atoms with Crippen LogP contribution in [0.4, 0.5) is 11.6 Å². The zero-order chi connectivity index (χ0) is 14.1. The third-order valence-electron chi connectivity index (χ3n) is 2.89. The highest BCUT2D eigenvalue weighted by Crippen LogP contribution is 2.10. The van der Waals surface area contributed by atoms with E-state index in [0.29, 0.717) is 0 Å². The minimum absolute atomic E-state index is 0.0248. The number of likely N-dealkylation sites (N-methyl/N-ethyl adjacent to an activating group) is 1. The van der Waals surface area contributed by atoms with Crippen molar-refractivity contribution in [2.75, 3.05) is 44.5 Å². The second-order valence-electron chi connectivity index (χ2n) is 5.05. The molecule has 0 fully saturated rings. The average molecular weight is 267 g/mol. The summed E-state index contributed by atoms with van der Waals surface area (Å²) in [5.74, 6) is 1.66. The maximum Gasteiger partial charge on any atom is 0.131 e. The summed E-state index contributed by atoms with van der Waals surface area (Å²) < 4.78 is 5.00. The molecule has 1 aromatic rings. The van der Waals surface area contributed by atoms with Crippen molar-refractivity contribution in [2.45, 2.75) is 25.8 Å². The zero-order valence-corrected chi connectivity index (χ0v) is 12.3. The molecule has 0 spiro atoms. The summed E-state index contributed by atoms with van der Waals surface area (Å²) in [5, 5.41) is 9.78. The van der Waals surface area contributed by atoms with Gasteiger partial charge in [-0.15, -0.1) is 0 Å². The summed E-state index contributed by atoms with van der Waals surface area (Å²) in [4.78, 5) is 8.39. The summed E-state index contributed by atoms with van der Waals surface area (Å²) in [7, 11) is 3.65. The maximum atomic E-state index is 5.00. The summed E-state index contributed by atoms with van der Waals surface area (Å²) >= 11 is 0. The first-order valence-corrected chi connectivity index (χ1v) is 6.55. The van der Waals surface area contributed by atoms with Crippen molar-refractivity contribution in [1.29, 1.82) is 0 Å². The monoisotopic (exact) mass is 267 g/mol. The fourth-order valence-corrected chi connectivity index (χ4v) is 1.38. The van der Waals surface area contributed by atoms with E-state index in [2.05, 4.69) is 39.8 Å². The molecule has 1 rings (SSSR count). The first-order chi connectivity index (χ1) is 9.07. The molecule has 19 heavy (non-hydrogen) atoms. The molecule has 0 bridgehead atoms. The molecule has 0 saturated carbocycles. The van der Waals surface area contributed by atoms with Crippen LogP contribution in [0.1, 0.15) is 20.3 Å². The van der Waals surface area contributed by atoms with E-state index < -0.39 is 0 Å². The lowest BCUT2D eigenvalue weighted by molar-refractivity contribution is 0.198. The van der Waals surface area contributed by atoms with Gasteiger partial charge in [-0.05, 0) is 27.3 Å². The summed E-state index contributed by atoms with van der Waals surface area (Å²) in [6.07, 6.45) is 2.52. The average Bonchev–Trinajstić information content (AvgIpc) is 2.42. The maximum absolute atomic E-state index is 5.00. The van der Waals surface area contributed by atoms with E-state index in [1.807, 2.05) is 13.1 Å². The number of hydrogen-bond donors (Lipinski definition) is 3. The van der Waals surface area contributed by atoms with Gasteiger partial charge in [-0.1, -0.05) is 0 Å². The van der Waals surface area contributed by atoms with Crippen LogP contribution in [0.15, 0.2) is 12.4 Å². The van der Waals surface area contributed by atoms with Gasteiger partial charge in [0.15, 0.2) is 0 Å². The third kappa shape index (κ3) is 6.35. The van der Waals surface area contributed by atoms with Crippen LogP contribution in [0, 0.1) is 0 Å². The molecule has 0 aromatic carbocycles. The lowest BCUT2D eigenvalue weighted by Gasteiger charge is -2.24. The standard InChI is InChI=1S/C13H25N5O/c1-13(2,14-3)9-16-12-8-11(17-10-18-12)15-6-5-7-19-4/h8,10,14H,5-7,9H2,1-4H3,(H2,15,16,17,18). The van der Waals surface area contributed by atoms with Crippen molar-refractivity contribution in [3.05, 3.63) is 12.4 Å². The third-order valence-corrected chi connectivity index (χ3v) is 2.89. The van der Waals surface area contributed by atoms with Crippen molar-refractivity contribution in [3.63, 3.8) is 0 Å². The van der Waals surface area contributed by atoms with Gasteiger partial charge in [0.25, 0.3) is 0 Å².